The predicted molar refractivity (Wildman–Crippen MR) is 112 cm³/mol. The minimum absolute atomic E-state index is 0.189. The van der Waals surface area contributed by atoms with Crippen LogP contribution in [0.1, 0.15) is 26.9 Å². The van der Waals surface area contributed by atoms with E-state index >= 15 is 4.39 Å². The highest BCUT2D eigenvalue weighted by molar-refractivity contribution is 5.90. The minimum atomic E-state index is -1.98. The Bertz CT molecular complexity index is 1240. The van der Waals surface area contributed by atoms with Gasteiger partial charge in [0, 0.05) is 12.3 Å². The van der Waals surface area contributed by atoms with Crippen molar-refractivity contribution in [2.24, 2.45) is 0 Å². The molecule has 1 aliphatic heterocycles. The summed E-state index contributed by atoms with van der Waals surface area (Å²) >= 11 is 0. The van der Waals surface area contributed by atoms with Crippen LogP contribution in [-0.2, 0) is 14.2 Å². The molecule has 9 nitrogen and oxygen atoms in total. The maximum atomic E-state index is 15.4. The topological polar surface area (TPSA) is 117 Å². The third-order valence-corrected chi connectivity index (χ3v) is 5.03. The third-order valence-electron chi connectivity index (χ3n) is 5.03. The SMILES string of the molecule is O=C(OCC1OC(n2ccc(=O)[nH]c2=O)C(F)C1OC(=O)c1ccccc1)c1ccccc1. The summed E-state index contributed by atoms with van der Waals surface area (Å²) in [6, 6.07) is 17.1. The molecule has 0 aliphatic carbocycles. The highest BCUT2D eigenvalue weighted by Crippen LogP contribution is 2.33. The first kappa shape index (κ1) is 22.2. The maximum absolute atomic E-state index is 15.4. The molecule has 10 heteroatoms. The highest BCUT2D eigenvalue weighted by Gasteiger charge is 2.49. The van der Waals surface area contributed by atoms with E-state index in [1.165, 1.54) is 12.1 Å². The van der Waals surface area contributed by atoms with Crippen LogP contribution in [0.3, 0.4) is 0 Å². The van der Waals surface area contributed by atoms with Gasteiger partial charge in [0.05, 0.1) is 11.1 Å². The molecule has 0 radical (unpaired) electrons. The first-order valence-electron chi connectivity index (χ1n) is 10.0. The lowest BCUT2D eigenvalue weighted by Crippen LogP contribution is -2.38. The van der Waals surface area contributed by atoms with E-state index in [0.717, 1.165) is 16.8 Å². The van der Waals surface area contributed by atoms with Crippen LogP contribution >= 0.6 is 0 Å². The number of hydrogen-bond acceptors (Lipinski definition) is 7. The molecule has 1 aromatic heterocycles. The molecule has 0 bridgehead atoms. The number of esters is 2. The van der Waals surface area contributed by atoms with Crippen LogP contribution in [-0.4, -0.2) is 46.5 Å². The van der Waals surface area contributed by atoms with Crippen LogP contribution in [0.25, 0.3) is 0 Å². The van der Waals surface area contributed by atoms with Gasteiger partial charge in [-0.15, -0.1) is 0 Å². The second-order valence-electron chi connectivity index (χ2n) is 7.23. The van der Waals surface area contributed by atoms with Gasteiger partial charge in [0.1, 0.15) is 12.7 Å². The molecule has 170 valence electrons. The van der Waals surface area contributed by atoms with Gasteiger partial charge in [-0.25, -0.2) is 18.8 Å². The molecular formula is C23H19FN2O7. The number of alkyl halides is 1. The molecule has 2 aromatic carbocycles. The number of ether oxygens (including phenoxy) is 3. The molecular weight excluding hydrogens is 435 g/mol. The summed E-state index contributed by atoms with van der Waals surface area (Å²) in [5, 5.41) is 0. The van der Waals surface area contributed by atoms with Gasteiger partial charge in [-0.3, -0.25) is 14.3 Å². The number of aromatic nitrogens is 2. The van der Waals surface area contributed by atoms with Crippen molar-refractivity contribution in [2.75, 3.05) is 6.61 Å². The number of rotatable bonds is 6. The van der Waals surface area contributed by atoms with Crippen LogP contribution in [0.2, 0.25) is 0 Å². The molecule has 4 unspecified atom stereocenters. The van der Waals surface area contributed by atoms with E-state index in [1.807, 2.05) is 4.98 Å². The lowest BCUT2D eigenvalue weighted by molar-refractivity contribution is -0.0592. The lowest BCUT2D eigenvalue weighted by atomic mass is 10.1. The summed E-state index contributed by atoms with van der Waals surface area (Å²) < 4.78 is 32.5. The maximum Gasteiger partial charge on any atom is 0.338 e. The van der Waals surface area contributed by atoms with Crippen LogP contribution in [0.4, 0.5) is 4.39 Å². The molecule has 1 N–H and O–H groups in total. The van der Waals surface area contributed by atoms with Gasteiger partial charge in [0.15, 0.2) is 18.5 Å². The van der Waals surface area contributed by atoms with E-state index < -0.39 is 54.4 Å². The van der Waals surface area contributed by atoms with Crippen molar-refractivity contribution in [2.45, 2.75) is 24.6 Å². The highest BCUT2D eigenvalue weighted by atomic mass is 19.1. The Morgan fingerprint density at radius 1 is 0.939 bits per heavy atom. The van der Waals surface area contributed by atoms with Crippen LogP contribution in [0, 0.1) is 0 Å². The number of aromatic amines is 1. The van der Waals surface area contributed by atoms with Crippen LogP contribution < -0.4 is 11.2 Å². The zero-order valence-electron chi connectivity index (χ0n) is 17.1. The van der Waals surface area contributed by atoms with Crippen molar-refractivity contribution >= 4 is 11.9 Å². The van der Waals surface area contributed by atoms with Gasteiger partial charge in [0.25, 0.3) is 5.56 Å². The predicted octanol–water partition coefficient (Wildman–Crippen LogP) is 1.85. The zero-order chi connectivity index (χ0) is 23.4. The fourth-order valence-corrected chi connectivity index (χ4v) is 3.40. The van der Waals surface area contributed by atoms with Gasteiger partial charge in [-0.05, 0) is 24.3 Å². The normalized spacial score (nSPS) is 22.0. The summed E-state index contributed by atoms with van der Waals surface area (Å²) in [7, 11) is 0. The Balaban J connectivity index is 1.56. The zero-order valence-corrected chi connectivity index (χ0v) is 17.1. The number of hydrogen-bond donors (Lipinski definition) is 1. The van der Waals surface area contributed by atoms with Crippen molar-refractivity contribution < 1.29 is 28.2 Å². The van der Waals surface area contributed by atoms with Crippen LogP contribution in [0.5, 0.6) is 0 Å². The van der Waals surface area contributed by atoms with E-state index in [2.05, 4.69) is 0 Å². The van der Waals surface area contributed by atoms with E-state index in [1.54, 1.807) is 48.5 Å². The second kappa shape index (κ2) is 9.61. The smallest absolute Gasteiger partial charge is 0.338 e. The van der Waals surface area contributed by atoms with Gasteiger partial charge in [0.2, 0.25) is 0 Å². The third kappa shape index (κ3) is 4.90. The quantitative estimate of drug-likeness (QED) is 0.565. The number of nitrogens with one attached hydrogen (secondary N) is 1. The minimum Gasteiger partial charge on any atom is -0.459 e. The summed E-state index contributed by atoms with van der Waals surface area (Å²) in [5.74, 6) is -1.48. The first-order valence-corrected chi connectivity index (χ1v) is 10.0. The number of carbonyl (C=O) groups is 2. The first-order chi connectivity index (χ1) is 15.9. The Morgan fingerprint density at radius 3 is 2.15 bits per heavy atom. The van der Waals surface area contributed by atoms with E-state index in [4.69, 9.17) is 14.2 Å². The molecule has 0 spiro atoms. The number of nitrogens with zero attached hydrogens (tertiary/aromatic N) is 1. The van der Waals surface area contributed by atoms with Gasteiger partial charge >= 0.3 is 17.6 Å². The average molecular weight is 454 g/mol. The number of carbonyl (C=O) groups excluding carboxylic acids is 2. The molecule has 3 aromatic rings. The molecule has 2 heterocycles. The van der Waals surface area contributed by atoms with Crippen molar-refractivity contribution in [1.82, 2.24) is 9.55 Å². The Labute approximate surface area is 186 Å². The monoisotopic (exact) mass is 454 g/mol. The molecule has 4 rings (SSSR count). The Morgan fingerprint density at radius 2 is 1.55 bits per heavy atom. The van der Waals surface area contributed by atoms with Crippen molar-refractivity contribution in [1.29, 1.82) is 0 Å². The van der Waals surface area contributed by atoms with Gasteiger partial charge in [-0.2, -0.15) is 0 Å². The number of halogens is 1. The number of benzene rings is 2. The van der Waals surface area contributed by atoms with Crippen molar-refractivity contribution in [3.8, 4) is 0 Å². The van der Waals surface area contributed by atoms with Gasteiger partial charge in [-0.1, -0.05) is 36.4 Å². The number of H-pyrrole nitrogens is 1. The van der Waals surface area contributed by atoms with Crippen LogP contribution in [0.15, 0.2) is 82.5 Å². The van der Waals surface area contributed by atoms with Gasteiger partial charge < -0.3 is 14.2 Å². The molecule has 0 saturated carbocycles. The lowest BCUT2D eigenvalue weighted by Gasteiger charge is -2.19. The van der Waals surface area contributed by atoms with Crippen molar-refractivity contribution in [3.05, 3.63) is 105 Å². The summed E-state index contributed by atoms with van der Waals surface area (Å²) in [6.45, 7) is -0.435. The molecule has 0 amide bonds. The molecule has 1 fully saturated rings. The Kier molecular flexibility index (Phi) is 6.45. The second-order valence-corrected chi connectivity index (χ2v) is 7.23. The molecule has 33 heavy (non-hydrogen) atoms. The fraction of sp³-hybridized carbons (Fsp3) is 0.217. The van der Waals surface area contributed by atoms with E-state index in [-0.39, 0.29) is 11.1 Å². The summed E-state index contributed by atoms with van der Waals surface area (Å²) in [6.07, 6.45) is -5.10. The summed E-state index contributed by atoms with van der Waals surface area (Å²) in [4.78, 5) is 50.4. The molecule has 4 atom stereocenters. The summed E-state index contributed by atoms with van der Waals surface area (Å²) in [5.41, 5.74) is -1.09. The van der Waals surface area contributed by atoms with E-state index in [9.17, 15) is 19.2 Å². The van der Waals surface area contributed by atoms with E-state index in [0.29, 0.717) is 0 Å². The largest absolute Gasteiger partial charge is 0.459 e. The molecule has 1 aliphatic rings. The van der Waals surface area contributed by atoms with Crippen molar-refractivity contribution in [3.63, 3.8) is 0 Å². The fourth-order valence-electron chi connectivity index (χ4n) is 3.40. The Hall–Kier alpha value is -4.05. The molecule has 1 saturated heterocycles. The standard InChI is InChI=1S/C23H19FN2O7/c24-18-19(33-22(29)15-9-5-2-6-10-15)16(13-31-21(28)14-7-3-1-4-8-14)32-20(18)26-12-11-17(27)25-23(26)30/h1-12,16,18-20H,13H2,(H,25,27,30). The average Bonchev–Trinajstić information content (AvgIpc) is 3.13.